The van der Waals surface area contributed by atoms with Crippen molar-refractivity contribution in [3.8, 4) is 0 Å². The first-order valence-corrected chi connectivity index (χ1v) is 8.69. The smallest absolute Gasteiger partial charge is 0.193 e. The van der Waals surface area contributed by atoms with E-state index < -0.39 is 11.6 Å². The van der Waals surface area contributed by atoms with Crippen LogP contribution in [0, 0.1) is 17.6 Å². The van der Waals surface area contributed by atoms with Crippen LogP contribution in [0.4, 0.5) is 8.78 Å². The molecule has 1 aliphatic rings. The van der Waals surface area contributed by atoms with Crippen LogP contribution in [0.15, 0.2) is 23.2 Å². The first-order chi connectivity index (χ1) is 11.6. The number of aliphatic imine (C=N–C) groups is 1. The van der Waals surface area contributed by atoms with Gasteiger partial charge in [0.1, 0.15) is 11.6 Å². The minimum absolute atomic E-state index is 0.230. The van der Waals surface area contributed by atoms with Gasteiger partial charge >= 0.3 is 0 Å². The van der Waals surface area contributed by atoms with Crippen LogP contribution in [0.5, 0.6) is 0 Å². The van der Waals surface area contributed by atoms with Crippen molar-refractivity contribution in [2.45, 2.75) is 26.8 Å². The number of nitrogens with zero attached hydrogens (tertiary/aromatic N) is 3. The van der Waals surface area contributed by atoms with E-state index in [1.165, 1.54) is 6.07 Å². The molecular formula is C18H28F2N4. The molecule has 1 N–H and O–H groups in total. The molecule has 1 aromatic carbocycles. The summed E-state index contributed by atoms with van der Waals surface area (Å²) < 4.78 is 27.0. The average molecular weight is 338 g/mol. The summed E-state index contributed by atoms with van der Waals surface area (Å²) in [5.41, 5.74) is 0.315. The zero-order valence-electron chi connectivity index (χ0n) is 14.9. The van der Waals surface area contributed by atoms with Gasteiger partial charge in [0.15, 0.2) is 5.96 Å². The molecule has 1 aliphatic heterocycles. The first-order valence-electron chi connectivity index (χ1n) is 8.69. The Balaban J connectivity index is 1.89. The van der Waals surface area contributed by atoms with Crippen LogP contribution < -0.4 is 5.32 Å². The third-order valence-corrected chi connectivity index (χ3v) is 4.65. The number of likely N-dealkylation sites (tertiary alicyclic amines) is 1. The van der Waals surface area contributed by atoms with Gasteiger partial charge in [-0.3, -0.25) is 4.99 Å². The van der Waals surface area contributed by atoms with Gasteiger partial charge in [-0.2, -0.15) is 0 Å². The minimum Gasteiger partial charge on any atom is -0.352 e. The zero-order chi connectivity index (χ0) is 17.5. The van der Waals surface area contributed by atoms with Crippen LogP contribution in [-0.4, -0.2) is 55.5 Å². The van der Waals surface area contributed by atoms with Crippen LogP contribution in [-0.2, 0) is 6.54 Å². The Bertz CT molecular complexity index is 558. The van der Waals surface area contributed by atoms with Crippen molar-refractivity contribution in [3.05, 3.63) is 35.4 Å². The fourth-order valence-corrected chi connectivity index (χ4v) is 3.21. The van der Waals surface area contributed by atoms with Crippen LogP contribution in [0.1, 0.15) is 25.8 Å². The normalized spacial score (nSPS) is 18.5. The zero-order valence-corrected chi connectivity index (χ0v) is 14.9. The summed E-state index contributed by atoms with van der Waals surface area (Å²) in [6.07, 6.45) is 1.13. The Morgan fingerprint density at radius 2 is 2.08 bits per heavy atom. The Morgan fingerprint density at radius 3 is 2.75 bits per heavy atom. The highest BCUT2D eigenvalue weighted by Gasteiger charge is 2.25. The van der Waals surface area contributed by atoms with Gasteiger partial charge in [0.25, 0.3) is 0 Å². The van der Waals surface area contributed by atoms with E-state index in [0.29, 0.717) is 11.5 Å². The van der Waals surface area contributed by atoms with E-state index >= 15 is 0 Å². The van der Waals surface area contributed by atoms with Crippen LogP contribution in [0.2, 0.25) is 0 Å². The van der Waals surface area contributed by atoms with E-state index in [-0.39, 0.29) is 6.54 Å². The monoisotopic (exact) mass is 338 g/mol. The Labute approximate surface area is 143 Å². The maximum Gasteiger partial charge on any atom is 0.193 e. The molecule has 0 amide bonds. The Hall–Kier alpha value is -1.69. The van der Waals surface area contributed by atoms with E-state index in [1.807, 2.05) is 0 Å². The SMILES string of the molecule is CCN(CC)CC1CCN(C(=NC)NCc2cc(F)ccc2F)C1. The highest BCUT2D eigenvalue weighted by molar-refractivity contribution is 5.80. The number of rotatable bonds is 6. The molecule has 1 aromatic rings. The summed E-state index contributed by atoms with van der Waals surface area (Å²) in [5.74, 6) is 0.541. The predicted molar refractivity (Wildman–Crippen MR) is 94.0 cm³/mol. The standard InChI is InChI=1S/C18H28F2N4/c1-4-23(5-2)12-14-8-9-24(13-14)18(21-3)22-11-15-10-16(19)6-7-17(15)20/h6-7,10,14H,4-5,8-9,11-13H2,1-3H3,(H,21,22). The molecule has 0 bridgehead atoms. The largest absolute Gasteiger partial charge is 0.352 e. The highest BCUT2D eigenvalue weighted by Crippen LogP contribution is 2.18. The fraction of sp³-hybridized carbons (Fsp3) is 0.611. The van der Waals surface area contributed by atoms with Crippen molar-refractivity contribution >= 4 is 5.96 Å². The molecule has 1 unspecified atom stereocenters. The summed E-state index contributed by atoms with van der Waals surface area (Å²) in [6.45, 7) is 9.72. The van der Waals surface area contributed by atoms with Crippen LogP contribution >= 0.6 is 0 Å². The number of guanidine groups is 1. The van der Waals surface area contributed by atoms with Gasteiger partial charge in [-0.1, -0.05) is 13.8 Å². The average Bonchev–Trinajstić information content (AvgIpc) is 3.04. The second-order valence-corrected chi connectivity index (χ2v) is 6.22. The van der Waals surface area contributed by atoms with Crippen molar-refractivity contribution in [1.29, 1.82) is 0 Å². The number of benzene rings is 1. The molecule has 4 nitrogen and oxygen atoms in total. The van der Waals surface area contributed by atoms with E-state index in [9.17, 15) is 8.78 Å². The second kappa shape index (κ2) is 8.97. The molecule has 1 saturated heterocycles. The molecule has 0 aliphatic carbocycles. The third kappa shape index (κ3) is 4.90. The first kappa shape index (κ1) is 18.6. The van der Waals surface area contributed by atoms with Gasteiger partial charge in [-0.15, -0.1) is 0 Å². The Kier molecular flexibility index (Phi) is 6.97. The van der Waals surface area contributed by atoms with Crippen molar-refractivity contribution in [2.24, 2.45) is 10.9 Å². The molecule has 134 valence electrons. The lowest BCUT2D eigenvalue weighted by molar-refractivity contribution is 0.255. The quantitative estimate of drug-likeness (QED) is 0.639. The van der Waals surface area contributed by atoms with Gasteiger partial charge < -0.3 is 15.1 Å². The van der Waals surface area contributed by atoms with Crippen molar-refractivity contribution < 1.29 is 8.78 Å². The molecule has 0 saturated carbocycles. The Morgan fingerprint density at radius 1 is 1.33 bits per heavy atom. The second-order valence-electron chi connectivity index (χ2n) is 6.22. The van der Waals surface area contributed by atoms with E-state index in [1.54, 1.807) is 7.05 Å². The predicted octanol–water partition coefficient (Wildman–Crippen LogP) is 2.70. The van der Waals surface area contributed by atoms with Crippen molar-refractivity contribution in [1.82, 2.24) is 15.1 Å². The van der Waals surface area contributed by atoms with Crippen molar-refractivity contribution in [2.75, 3.05) is 39.8 Å². The molecule has 6 heteroatoms. The summed E-state index contributed by atoms with van der Waals surface area (Å²) >= 11 is 0. The van der Waals surface area contributed by atoms with Gasteiger partial charge in [-0.25, -0.2) is 8.78 Å². The van der Waals surface area contributed by atoms with Crippen molar-refractivity contribution in [3.63, 3.8) is 0 Å². The molecule has 2 rings (SSSR count). The number of hydrogen-bond acceptors (Lipinski definition) is 2. The van der Waals surface area contributed by atoms with Crippen LogP contribution in [0.3, 0.4) is 0 Å². The summed E-state index contributed by atoms with van der Waals surface area (Å²) in [6, 6.07) is 3.51. The fourth-order valence-electron chi connectivity index (χ4n) is 3.21. The molecule has 1 fully saturated rings. The third-order valence-electron chi connectivity index (χ3n) is 4.65. The van der Waals surface area contributed by atoms with Gasteiger partial charge in [0, 0.05) is 38.8 Å². The minimum atomic E-state index is -0.427. The summed E-state index contributed by atoms with van der Waals surface area (Å²) in [4.78, 5) is 8.93. The lowest BCUT2D eigenvalue weighted by atomic mass is 10.1. The molecular weight excluding hydrogens is 310 g/mol. The van der Waals surface area contributed by atoms with Crippen LogP contribution in [0.25, 0.3) is 0 Å². The molecule has 0 aromatic heterocycles. The molecule has 0 spiro atoms. The lowest BCUT2D eigenvalue weighted by Gasteiger charge is -2.24. The van der Waals surface area contributed by atoms with Gasteiger partial charge in [-0.05, 0) is 43.6 Å². The molecule has 0 radical (unpaired) electrons. The maximum absolute atomic E-state index is 13.7. The topological polar surface area (TPSA) is 30.9 Å². The van der Waals surface area contributed by atoms with Gasteiger partial charge in [0.2, 0.25) is 0 Å². The maximum atomic E-state index is 13.7. The molecule has 1 atom stereocenters. The number of hydrogen-bond donors (Lipinski definition) is 1. The molecule has 1 heterocycles. The summed E-state index contributed by atoms with van der Waals surface area (Å²) in [7, 11) is 1.72. The summed E-state index contributed by atoms with van der Waals surface area (Å²) in [5, 5.41) is 3.15. The number of halogens is 2. The van der Waals surface area contributed by atoms with E-state index in [0.717, 1.165) is 57.2 Å². The van der Waals surface area contributed by atoms with E-state index in [2.05, 4.69) is 34.0 Å². The van der Waals surface area contributed by atoms with Gasteiger partial charge in [0.05, 0.1) is 0 Å². The van der Waals surface area contributed by atoms with E-state index in [4.69, 9.17) is 0 Å². The lowest BCUT2D eigenvalue weighted by Crippen LogP contribution is -2.40. The number of nitrogens with one attached hydrogen (secondary N) is 1. The highest BCUT2D eigenvalue weighted by atomic mass is 19.1. The molecule has 24 heavy (non-hydrogen) atoms.